The summed E-state index contributed by atoms with van der Waals surface area (Å²) in [7, 11) is 0. The molecule has 0 atom stereocenters. The molecule has 1 heterocycles. The summed E-state index contributed by atoms with van der Waals surface area (Å²) in [5, 5.41) is 0. The Bertz CT molecular complexity index is 261. The number of hydrogen-bond donors (Lipinski definition) is 0. The number of rotatable bonds is 2. The number of hydrogen-bond acceptors (Lipinski definition) is 1. The van der Waals surface area contributed by atoms with E-state index in [9.17, 15) is 4.39 Å². The maximum Gasteiger partial charge on any atom is 0.144 e. The molecule has 1 rings (SSSR count). The molecule has 1 nitrogen and oxygen atoms in total. The first-order chi connectivity index (χ1) is 6.67. The molecule has 0 aliphatic heterocycles. The van der Waals surface area contributed by atoms with Crippen LogP contribution < -0.4 is 0 Å². The first-order valence-corrected chi connectivity index (χ1v) is 4.83. The van der Waals surface area contributed by atoms with Crippen molar-refractivity contribution < 1.29 is 4.39 Å². The van der Waals surface area contributed by atoms with Crippen LogP contribution in [0.4, 0.5) is 4.39 Å². The Labute approximate surface area is 85.7 Å². The first kappa shape index (κ1) is 12.8. The fourth-order valence-corrected chi connectivity index (χ4v) is 1.13. The molecule has 0 radical (unpaired) electrons. The van der Waals surface area contributed by atoms with Crippen molar-refractivity contribution in [2.45, 2.75) is 33.6 Å². The van der Waals surface area contributed by atoms with E-state index < -0.39 is 0 Å². The zero-order valence-corrected chi connectivity index (χ0v) is 9.18. The van der Waals surface area contributed by atoms with Gasteiger partial charge in [0, 0.05) is 6.20 Å². The monoisotopic (exact) mass is 195 g/mol. The summed E-state index contributed by atoms with van der Waals surface area (Å²) in [6, 6.07) is 0. The van der Waals surface area contributed by atoms with Crippen LogP contribution in [-0.2, 0) is 6.42 Å². The summed E-state index contributed by atoms with van der Waals surface area (Å²) in [4.78, 5) is 3.75. The number of nitrogens with zero attached hydrogens (tertiary/aromatic N) is 1. The highest BCUT2D eigenvalue weighted by atomic mass is 19.1. The molecule has 0 saturated carbocycles. The van der Waals surface area contributed by atoms with E-state index in [1.807, 2.05) is 20.8 Å². The third-order valence-electron chi connectivity index (χ3n) is 1.72. The lowest BCUT2D eigenvalue weighted by Gasteiger charge is -2.03. The highest BCUT2D eigenvalue weighted by Crippen LogP contribution is 2.12. The minimum absolute atomic E-state index is 0.174. The Morgan fingerprint density at radius 1 is 1.50 bits per heavy atom. The zero-order valence-electron chi connectivity index (χ0n) is 9.18. The van der Waals surface area contributed by atoms with Crippen LogP contribution in [0, 0.1) is 12.7 Å². The van der Waals surface area contributed by atoms with Gasteiger partial charge in [0.1, 0.15) is 5.82 Å². The first-order valence-electron chi connectivity index (χ1n) is 4.83. The van der Waals surface area contributed by atoms with E-state index in [2.05, 4.69) is 11.6 Å². The molecule has 0 spiro atoms. The molecule has 1 aromatic rings. The molecule has 2 heteroatoms. The maximum atomic E-state index is 13.0. The van der Waals surface area contributed by atoms with E-state index in [4.69, 9.17) is 0 Å². The van der Waals surface area contributed by atoms with Gasteiger partial charge >= 0.3 is 0 Å². The summed E-state index contributed by atoms with van der Waals surface area (Å²) in [5.41, 5.74) is 1.76. The molecule has 0 fully saturated rings. The van der Waals surface area contributed by atoms with Gasteiger partial charge in [0.05, 0.1) is 6.20 Å². The summed E-state index contributed by atoms with van der Waals surface area (Å²) in [6.45, 7) is 9.18. The van der Waals surface area contributed by atoms with Crippen LogP contribution in [0.1, 0.15) is 31.4 Å². The van der Waals surface area contributed by atoms with Gasteiger partial charge in [0.15, 0.2) is 0 Å². The molecule has 0 unspecified atom stereocenters. The lowest BCUT2D eigenvalue weighted by Crippen LogP contribution is -1.94. The van der Waals surface area contributed by atoms with Crippen LogP contribution in [0.25, 0.3) is 0 Å². The van der Waals surface area contributed by atoms with E-state index in [1.54, 1.807) is 12.3 Å². The molecule has 0 N–H and O–H groups in total. The van der Waals surface area contributed by atoms with Gasteiger partial charge in [-0.2, -0.15) is 0 Å². The molecule has 0 aliphatic carbocycles. The van der Waals surface area contributed by atoms with E-state index >= 15 is 0 Å². The molecule has 0 saturated heterocycles. The van der Waals surface area contributed by atoms with Crippen molar-refractivity contribution in [3.63, 3.8) is 0 Å². The van der Waals surface area contributed by atoms with Gasteiger partial charge in [-0.1, -0.05) is 19.4 Å². The van der Waals surface area contributed by atoms with E-state index in [0.29, 0.717) is 0 Å². The second-order valence-corrected chi connectivity index (χ2v) is 3.08. The third-order valence-corrected chi connectivity index (χ3v) is 1.72. The lowest BCUT2D eigenvalue weighted by atomic mass is 10.1. The molecule has 1 aromatic heterocycles. The van der Waals surface area contributed by atoms with Crippen molar-refractivity contribution in [1.82, 2.24) is 4.98 Å². The summed E-state index contributed by atoms with van der Waals surface area (Å²) >= 11 is 0. The Morgan fingerprint density at radius 3 is 2.50 bits per heavy atom. The standard InChI is InChI=1S/C9H12FN.C3H6/c1-3-4-8-7(2)5-11-6-9(8)10;1-3-2/h5-6H,3-4H2,1-2H3;3H,1H2,2H3. The second kappa shape index (κ2) is 7.25. The van der Waals surface area contributed by atoms with E-state index in [0.717, 1.165) is 24.0 Å². The van der Waals surface area contributed by atoms with Gasteiger partial charge in [-0.15, -0.1) is 6.58 Å². The van der Waals surface area contributed by atoms with Crippen LogP contribution in [0.5, 0.6) is 0 Å². The Morgan fingerprint density at radius 2 is 2.07 bits per heavy atom. The molecular formula is C12H18FN. The van der Waals surface area contributed by atoms with Crippen LogP contribution in [0.2, 0.25) is 0 Å². The van der Waals surface area contributed by atoms with E-state index in [1.165, 1.54) is 6.20 Å². The molecular weight excluding hydrogens is 177 g/mol. The Kier molecular flexibility index (Phi) is 6.63. The highest BCUT2D eigenvalue weighted by Gasteiger charge is 2.03. The molecule has 78 valence electrons. The lowest BCUT2D eigenvalue weighted by molar-refractivity contribution is 0.598. The molecule has 0 amide bonds. The van der Waals surface area contributed by atoms with Crippen molar-refractivity contribution in [3.8, 4) is 0 Å². The maximum absolute atomic E-state index is 13.0. The Balaban J connectivity index is 0.000000500. The minimum Gasteiger partial charge on any atom is -0.261 e. The second-order valence-electron chi connectivity index (χ2n) is 3.08. The minimum atomic E-state index is -0.174. The summed E-state index contributed by atoms with van der Waals surface area (Å²) in [5.74, 6) is -0.174. The number of pyridine rings is 1. The zero-order chi connectivity index (χ0) is 11.0. The van der Waals surface area contributed by atoms with Crippen LogP contribution in [0.15, 0.2) is 25.0 Å². The van der Waals surface area contributed by atoms with Gasteiger partial charge in [0.2, 0.25) is 0 Å². The largest absolute Gasteiger partial charge is 0.261 e. The van der Waals surface area contributed by atoms with Crippen molar-refractivity contribution in [3.05, 3.63) is 42.0 Å². The fourth-order valence-electron chi connectivity index (χ4n) is 1.13. The van der Waals surface area contributed by atoms with Gasteiger partial charge in [-0.05, 0) is 31.4 Å². The topological polar surface area (TPSA) is 12.9 Å². The molecule has 0 aliphatic rings. The van der Waals surface area contributed by atoms with Crippen LogP contribution in [0.3, 0.4) is 0 Å². The van der Waals surface area contributed by atoms with Crippen molar-refractivity contribution >= 4 is 0 Å². The third kappa shape index (κ3) is 4.17. The average molecular weight is 195 g/mol. The Hall–Kier alpha value is -1.18. The normalized spacial score (nSPS) is 8.86. The quantitative estimate of drug-likeness (QED) is 0.656. The van der Waals surface area contributed by atoms with Gasteiger partial charge < -0.3 is 0 Å². The molecule has 14 heavy (non-hydrogen) atoms. The summed E-state index contributed by atoms with van der Waals surface area (Å²) < 4.78 is 13.0. The predicted octanol–water partition coefficient (Wildman–Crippen LogP) is 3.67. The SMILES string of the molecule is C=CC.CCCc1c(C)cncc1F. The average Bonchev–Trinajstić information content (AvgIpc) is 2.13. The smallest absolute Gasteiger partial charge is 0.144 e. The fraction of sp³-hybridized carbons (Fsp3) is 0.417. The predicted molar refractivity (Wildman–Crippen MR) is 58.8 cm³/mol. The number of halogens is 1. The highest BCUT2D eigenvalue weighted by molar-refractivity contribution is 5.23. The number of aromatic nitrogens is 1. The number of allylic oxidation sites excluding steroid dienone is 1. The van der Waals surface area contributed by atoms with Gasteiger partial charge in [-0.25, -0.2) is 4.39 Å². The van der Waals surface area contributed by atoms with Crippen LogP contribution in [-0.4, -0.2) is 4.98 Å². The van der Waals surface area contributed by atoms with Crippen molar-refractivity contribution in [1.29, 1.82) is 0 Å². The van der Waals surface area contributed by atoms with E-state index in [-0.39, 0.29) is 5.82 Å². The summed E-state index contributed by atoms with van der Waals surface area (Å²) in [6.07, 6.45) is 6.51. The van der Waals surface area contributed by atoms with Gasteiger partial charge in [0.25, 0.3) is 0 Å². The van der Waals surface area contributed by atoms with Crippen molar-refractivity contribution in [2.75, 3.05) is 0 Å². The number of aryl methyl sites for hydroxylation is 1. The van der Waals surface area contributed by atoms with Gasteiger partial charge in [-0.3, -0.25) is 4.98 Å². The molecule has 0 aromatic carbocycles. The van der Waals surface area contributed by atoms with Crippen LogP contribution >= 0.6 is 0 Å². The molecule has 0 bridgehead atoms. The van der Waals surface area contributed by atoms with Crippen molar-refractivity contribution in [2.24, 2.45) is 0 Å².